The van der Waals surface area contributed by atoms with Crippen LogP contribution in [0.25, 0.3) is 22.4 Å². The molecule has 4 aromatic rings. The summed E-state index contributed by atoms with van der Waals surface area (Å²) in [6, 6.07) is 28.9. The van der Waals surface area contributed by atoms with Gasteiger partial charge in [-0.1, -0.05) is 86.8 Å². The van der Waals surface area contributed by atoms with Crippen molar-refractivity contribution in [3.05, 3.63) is 102 Å². The van der Waals surface area contributed by atoms with Gasteiger partial charge in [0, 0.05) is 29.7 Å². The third-order valence-corrected chi connectivity index (χ3v) is 11.7. The van der Waals surface area contributed by atoms with Crippen molar-refractivity contribution in [1.82, 2.24) is 9.88 Å². The average Bonchev–Trinajstić information content (AvgIpc) is 3.72. The maximum atomic E-state index is 5.73. The summed E-state index contributed by atoms with van der Waals surface area (Å²) in [4.78, 5) is 7.68. The Morgan fingerprint density at radius 3 is 2.27 bits per heavy atom. The van der Waals surface area contributed by atoms with Gasteiger partial charge in [0.1, 0.15) is 11.4 Å². The summed E-state index contributed by atoms with van der Waals surface area (Å²) in [5.41, 5.74) is 8.71. The summed E-state index contributed by atoms with van der Waals surface area (Å²) in [6.07, 6.45) is 9.74. The Labute approximate surface area is 271 Å². The molecule has 45 heavy (non-hydrogen) atoms. The van der Waals surface area contributed by atoms with E-state index in [1.807, 2.05) is 6.07 Å². The zero-order valence-electron chi connectivity index (χ0n) is 28.5. The van der Waals surface area contributed by atoms with Crippen LogP contribution in [0.2, 0.25) is 0 Å². The Bertz CT molecular complexity index is 1620. The molecular formula is C41H52N3O+. The molecule has 0 aliphatic heterocycles. The first-order valence-corrected chi connectivity index (χ1v) is 17.1. The van der Waals surface area contributed by atoms with E-state index in [4.69, 9.17) is 9.72 Å². The topological polar surface area (TPSA) is 29.2 Å². The molecule has 2 saturated carbocycles. The fourth-order valence-corrected chi connectivity index (χ4v) is 8.06. The van der Waals surface area contributed by atoms with Crippen molar-refractivity contribution < 1.29 is 9.30 Å². The summed E-state index contributed by atoms with van der Waals surface area (Å²) in [5.74, 6) is 3.16. The van der Waals surface area contributed by atoms with Crippen LogP contribution in [0.5, 0.6) is 5.75 Å². The second-order valence-corrected chi connectivity index (χ2v) is 14.4. The number of hydrogen-bond acceptors (Lipinski definition) is 3. The van der Waals surface area contributed by atoms with E-state index in [0.29, 0.717) is 5.92 Å². The van der Waals surface area contributed by atoms with E-state index in [9.17, 15) is 0 Å². The molecule has 0 N–H and O–H groups in total. The molecule has 236 valence electrons. The van der Waals surface area contributed by atoms with Crippen LogP contribution in [-0.2, 0) is 17.6 Å². The smallest absolute Gasteiger partial charge is 0.288 e. The first kappa shape index (κ1) is 31.5. The highest BCUT2D eigenvalue weighted by Crippen LogP contribution is 2.53. The highest BCUT2D eigenvalue weighted by Gasteiger charge is 2.44. The molecule has 0 radical (unpaired) electrons. The molecule has 4 heteroatoms. The van der Waals surface area contributed by atoms with E-state index in [1.165, 1.54) is 64.9 Å². The van der Waals surface area contributed by atoms with E-state index < -0.39 is 0 Å². The monoisotopic (exact) mass is 602 g/mol. The first-order chi connectivity index (χ1) is 21.7. The van der Waals surface area contributed by atoms with Gasteiger partial charge < -0.3 is 4.74 Å². The van der Waals surface area contributed by atoms with Crippen LogP contribution in [0.4, 0.5) is 0 Å². The molecule has 3 atom stereocenters. The van der Waals surface area contributed by atoms with Crippen molar-refractivity contribution in [3.63, 3.8) is 0 Å². The Kier molecular flexibility index (Phi) is 8.89. The molecule has 2 bridgehead atoms. The fraction of sp³-hybridized carbons (Fsp3) is 0.463. The minimum atomic E-state index is -0.361. The number of methoxy groups -OCH3 is 1. The minimum Gasteiger partial charge on any atom is -0.496 e. The third-order valence-electron chi connectivity index (χ3n) is 11.7. The summed E-state index contributed by atoms with van der Waals surface area (Å²) >= 11 is 0. The van der Waals surface area contributed by atoms with Gasteiger partial charge in [-0.15, -0.1) is 0 Å². The van der Waals surface area contributed by atoms with E-state index in [0.717, 1.165) is 37.0 Å². The summed E-state index contributed by atoms with van der Waals surface area (Å²) in [6.45, 7) is 12.5. The molecule has 0 saturated heterocycles. The van der Waals surface area contributed by atoms with E-state index in [-0.39, 0.29) is 11.1 Å². The third kappa shape index (κ3) is 5.94. The number of fused-ring (bicyclic) bond motifs is 2. The predicted octanol–water partition coefficient (Wildman–Crippen LogP) is 9.52. The van der Waals surface area contributed by atoms with Crippen molar-refractivity contribution >= 4 is 0 Å². The van der Waals surface area contributed by atoms with Crippen molar-refractivity contribution in [2.75, 3.05) is 14.2 Å². The lowest BCUT2D eigenvalue weighted by Crippen LogP contribution is -2.62. The minimum absolute atomic E-state index is 0.0429. The fourth-order valence-electron chi connectivity index (χ4n) is 8.06. The molecule has 2 aliphatic rings. The second-order valence-electron chi connectivity index (χ2n) is 14.4. The molecule has 6 rings (SSSR count). The summed E-state index contributed by atoms with van der Waals surface area (Å²) in [5, 5.41) is 0. The zero-order valence-corrected chi connectivity index (χ0v) is 28.5. The van der Waals surface area contributed by atoms with Gasteiger partial charge in [-0.05, 0) is 105 Å². The second kappa shape index (κ2) is 12.7. The van der Waals surface area contributed by atoms with Crippen LogP contribution < -0.4 is 9.30 Å². The quantitative estimate of drug-likeness (QED) is 0.160. The number of benzene rings is 3. The highest BCUT2D eigenvalue weighted by atomic mass is 16.5. The van der Waals surface area contributed by atoms with Crippen LogP contribution in [0.3, 0.4) is 0 Å². The normalized spacial score (nSPS) is 19.8. The van der Waals surface area contributed by atoms with Crippen LogP contribution in [0, 0.1) is 11.8 Å². The molecule has 0 amide bonds. The zero-order chi connectivity index (χ0) is 31.8. The highest BCUT2D eigenvalue weighted by molar-refractivity contribution is 5.72. The summed E-state index contributed by atoms with van der Waals surface area (Å²) in [7, 11) is 3.98. The molecule has 3 aromatic carbocycles. The van der Waals surface area contributed by atoms with Gasteiger partial charge >= 0.3 is 0 Å². The maximum Gasteiger partial charge on any atom is 0.288 e. The molecule has 2 aliphatic carbocycles. The Morgan fingerprint density at radius 1 is 0.867 bits per heavy atom. The number of aromatic nitrogens is 2. The van der Waals surface area contributed by atoms with E-state index in [1.54, 1.807) is 7.11 Å². The molecule has 2 fully saturated rings. The maximum absolute atomic E-state index is 5.73. The number of ether oxygens (including phenoxy) is 1. The van der Waals surface area contributed by atoms with Gasteiger partial charge in [-0.2, -0.15) is 0 Å². The number of nitrogens with zero attached hydrogens (tertiary/aromatic N) is 3. The lowest BCUT2D eigenvalue weighted by Gasteiger charge is -2.36. The average molecular weight is 603 g/mol. The van der Waals surface area contributed by atoms with E-state index >= 15 is 0 Å². The van der Waals surface area contributed by atoms with Gasteiger partial charge in [0.15, 0.2) is 11.4 Å². The predicted molar refractivity (Wildman–Crippen MR) is 185 cm³/mol. The SMILES string of the molecule is CCC(C)(CC)c1cc(-c2ccccc2)ccc1-c1cc(C2CC3CCC2C3)nc[n+]1C(C)(C)N(C)Cc1ccccc1OC. The summed E-state index contributed by atoms with van der Waals surface area (Å²) < 4.78 is 8.17. The molecule has 4 nitrogen and oxygen atoms in total. The number of para-hydroxylation sites is 1. The van der Waals surface area contributed by atoms with Crippen molar-refractivity contribution in [2.45, 2.75) is 96.7 Å². The van der Waals surface area contributed by atoms with Gasteiger partial charge in [-0.3, -0.25) is 4.90 Å². The largest absolute Gasteiger partial charge is 0.496 e. The molecule has 0 spiro atoms. The van der Waals surface area contributed by atoms with E-state index in [2.05, 4.69) is 130 Å². The first-order valence-electron chi connectivity index (χ1n) is 17.1. The van der Waals surface area contributed by atoms with Gasteiger partial charge in [-0.25, -0.2) is 4.57 Å². The molecule has 1 heterocycles. The van der Waals surface area contributed by atoms with Crippen molar-refractivity contribution in [2.24, 2.45) is 11.8 Å². The number of rotatable bonds is 11. The number of hydrogen-bond donors (Lipinski definition) is 0. The van der Waals surface area contributed by atoms with Gasteiger partial charge in [0.05, 0.1) is 7.11 Å². The Morgan fingerprint density at radius 2 is 1.60 bits per heavy atom. The van der Waals surface area contributed by atoms with Crippen LogP contribution >= 0.6 is 0 Å². The van der Waals surface area contributed by atoms with Gasteiger partial charge in [0.2, 0.25) is 0 Å². The molecule has 3 unspecified atom stereocenters. The molecule has 1 aromatic heterocycles. The van der Waals surface area contributed by atoms with Crippen LogP contribution in [0.1, 0.15) is 95.9 Å². The van der Waals surface area contributed by atoms with Crippen LogP contribution in [-0.4, -0.2) is 24.0 Å². The lowest BCUT2D eigenvalue weighted by molar-refractivity contribution is -0.774. The standard InChI is InChI=1S/C41H52N3O/c1-8-41(5,9-2)36-25-31(30-15-11-10-12-16-30)21-22-34(36)38-26-37(35-24-29-19-20-32(35)23-29)42-28-44(38)40(3,4)43(6)27-33-17-13-14-18-39(33)45-7/h10-18,21-22,25-26,28-29,32,35H,8-9,19-20,23-24,27H2,1-7H3/q+1. The van der Waals surface area contributed by atoms with Crippen molar-refractivity contribution in [1.29, 1.82) is 0 Å². The van der Waals surface area contributed by atoms with Gasteiger partial charge in [0.25, 0.3) is 6.33 Å². The lowest BCUT2D eigenvalue weighted by atomic mass is 9.74. The van der Waals surface area contributed by atoms with Crippen LogP contribution in [0.15, 0.2) is 85.2 Å². The molecular weight excluding hydrogens is 550 g/mol. The Hall–Kier alpha value is -3.50. The van der Waals surface area contributed by atoms with Crippen molar-refractivity contribution in [3.8, 4) is 28.1 Å². The Balaban J connectivity index is 1.51.